The minimum absolute atomic E-state index is 0.0508. The molecular formula is C13H14FN3O3. The van der Waals surface area contributed by atoms with Crippen LogP contribution in [0.25, 0.3) is 11.3 Å². The second-order valence-electron chi connectivity index (χ2n) is 4.89. The van der Waals surface area contributed by atoms with E-state index in [9.17, 15) is 14.5 Å². The van der Waals surface area contributed by atoms with E-state index in [1.807, 2.05) is 13.8 Å². The van der Waals surface area contributed by atoms with Crippen LogP contribution in [0.2, 0.25) is 0 Å². The summed E-state index contributed by atoms with van der Waals surface area (Å²) in [6, 6.07) is 3.19. The molecule has 0 aliphatic heterocycles. The van der Waals surface area contributed by atoms with Crippen molar-refractivity contribution < 1.29 is 13.8 Å². The first-order chi connectivity index (χ1) is 9.40. The molecule has 0 unspecified atom stereocenters. The average molecular weight is 279 g/mol. The number of hydrogen-bond donors (Lipinski definition) is 1. The Morgan fingerprint density at radius 1 is 1.50 bits per heavy atom. The van der Waals surface area contributed by atoms with Gasteiger partial charge in [0.25, 0.3) is 5.69 Å². The molecule has 1 heterocycles. The van der Waals surface area contributed by atoms with E-state index in [1.165, 1.54) is 0 Å². The summed E-state index contributed by atoms with van der Waals surface area (Å²) >= 11 is 0. The monoisotopic (exact) mass is 279 g/mol. The van der Waals surface area contributed by atoms with Gasteiger partial charge in [-0.25, -0.2) is 4.39 Å². The molecule has 0 aliphatic rings. The van der Waals surface area contributed by atoms with Gasteiger partial charge < -0.3 is 10.3 Å². The number of rotatable bonds is 4. The molecular weight excluding hydrogens is 265 g/mol. The highest BCUT2D eigenvalue weighted by Crippen LogP contribution is 2.36. The third-order valence-corrected chi connectivity index (χ3v) is 2.83. The lowest BCUT2D eigenvalue weighted by Crippen LogP contribution is -2.00. The number of nitrogen functional groups attached to an aromatic ring is 1. The SMILES string of the molecule is CC(C)Cc1c(N)noc1-c1cc(F)ccc1[N+](=O)[O-]. The quantitative estimate of drug-likeness (QED) is 0.685. The van der Waals surface area contributed by atoms with E-state index in [2.05, 4.69) is 5.16 Å². The maximum absolute atomic E-state index is 13.4. The summed E-state index contributed by atoms with van der Waals surface area (Å²) in [6.07, 6.45) is 0.540. The summed E-state index contributed by atoms with van der Waals surface area (Å²) in [5.41, 5.74) is 6.09. The van der Waals surface area contributed by atoms with E-state index in [4.69, 9.17) is 10.3 Å². The maximum atomic E-state index is 13.4. The van der Waals surface area contributed by atoms with E-state index in [1.54, 1.807) is 0 Å². The van der Waals surface area contributed by atoms with Crippen molar-refractivity contribution in [2.45, 2.75) is 20.3 Å². The molecule has 20 heavy (non-hydrogen) atoms. The zero-order valence-electron chi connectivity index (χ0n) is 11.1. The van der Waals surface area contributed by atoms with Crippen LogP contribution in [0, 0.1) is 21.8 Å². The van der Waals surface area contributed by atoms with E-state index < -0.39 is 10.7 Å². The molecule has 2 rings (SSSR count). The predicted octanol–water partition coefficient (Wildman–Crippen LogP) is 3.17. The standard InChI is InChI=1S/C13H14FN3O3/c1-7(2)5-10-12(20-16-13(10)15)9-6-8(14)3-4-11(9)17(18)19/h3-4,6-7H,5H2,1-2H3,(H2,15,16). The van der Waals surface area contributed by atoms with Gasteiger partial charge in [0, 0.05) is 11.6 Å². The number of benzene rings is 1. The van der Waals surface area contributed by atoms with Crippen molar-refractivity contribution in [3.8, 4) is 11.3 Å². The molecule has 1 aromatic heterocycles. The Hall–Kier alpha value is -2.44. The van der Waals surface area contributed by atoms with Gasteiger partial charge in [0.1, 0.15) is 11.4 Å². The Bertz CT molecular complexity index is 652. The molecule has 106 valence electrons. The van der Waals surface area contributed by atoms with Crippen LogP contribution in [0.4, 0.5) is 15.9 Å². The Balaban J connectivity index is 2.62. The fourth-order valence-electron chi connectivity index (χ4n) is 1.99. The van der Waals surface area contributed by atoms with Crippen LogP contribution in [0.1, 0.15) is 19.4 Å². The summed E-state index contributed by atoms with van der Waals surface area (Å²) in [7, 11) is 0. The van der Waals surface area contributed by atoms with Crippen molar-refractivity contribution in [1.29, 1.82) is 0 Å². The number of nitro groups is 1. The van der Waals surface area contributed by atoms with Crippen molar-refractivity contribution in [1.82, 2.24) is 5.16 Å². The zero-order chi connectivity index (χ0) is 14.9. The molecule has 7 heteroatoms. The van der Waals surface area contributed by atoms with Crippen molar-refractivity contribution in [3.05, 3.63) is 39.7 Å². The number of anilines is 1. The molecule has 2 aromatic rings. The van der Waals surface area contributed by atoms with Crippen LogP contribution in [-0.2, 0) is 6.42 Å². The van der Waals surface area contributed by atoms with Crippen molar-refractivity contribution in [2.24, 2.45) is 5.92 Å². The molecule has 0 radical (unpaired) electrons. The number of hydrogen-bond acceptors (Lipinski definition) is 5. The minimum Gasteiger partial charge on any atom is -0.381 e. The molecule has 0 spiro atoms. The zero-order valence-corrected chi connectivity index (χ0v) is 11.1. The third kappa shape index (κ3) is 2.61. The highest BCUT2D eigenvalue weighted by Gasteiger charge is 2.24. The summed E-state index contributed by atoms with van der Waals surface area (Å²) in [5, 5.41) is 14.7. The smallest absolute Gasteiger partial charge is 0.280 e. The average Bonchev–Trinajstić information content (AvgIpc) is 2.70. The van der Waals surface area contributed by atoms with E-state index >= 15 is 0 Å². The van der Waals surface area contributed by atoms with Crippen molar-refractivity contribution in [3.63, 3.8) is 0 Å². The number of aromatic nitrogens is 1. The normalized spacial score (nSPS) is 11.0. The minimum atomic E-state index is -0.591. The van der Waals surface area contributed by atoms with E-state index in [0.29, 0.717) is 12.0 Å². The first kappa shape index (κ1) is 14.0. The Labute approximate surface area is 114 Å². The second-order valence-corrected chi connectivity index (χ2v) is 4.89. The summed E-state index contributed by atoms with van der Waals surface area (Å²) < 4.78 is 18.5. The van der Waals surface area contributed by atoms with Gasteiger partial charge in [-0.15, -0.1) is 0 Å². The van der Waals surface area contributed by atoms with Gasteiger partial charge in [-0.3, -0.25) is 10.1 Å². The van der Waals surface area contributed by atoms with Gasteiger partial charge in [-0.2, -0.15) is 0 Å². The highest BCUT2D eigenvalue weighted by molar-refractivity contribution is 5.74. The summed E-state index contributed by atoms with van der Waals surface area (Å²) in [4.78, 5) is 10.4. The lowest BCUT2D eigenvalue weighted by atomic mass is 9.99. The number of nitro benzene ring substituents is 1. The van der Waals surface area contributed by atoms with E-state index in [0.717, 1.165) is 18.2 Å². The first-order valence-electron chi connectivity index (χ1n) is 6.08. The third-order valence-electron chi connectivity index (χ3n) is 2.83. The lowest BCUT2D eigenvalue weighted by molar-refractivity contribution is -0.384. The van der Waals surface area contributed by atoms with Crippen LogP contribution >= 0.6 is 0 Å². The second kappa shape index (κ2) is 5.28. The van der Waals surface area contributed by atoms with Crippen molar-refractivity contribution >= 4 is 11.5 Å². The number of nitrogens with two attached hydrogens (primary N) is 1. The Morgan fingerprint density at radius 3 is 2.80 bits per heavy atom. The molecule has 1 aromatic carbocycles. The summed E-state index contributed by atoms with van der Waals surface area (Å²) in [5.74, 6) is -0.00575. The molecule has 2 N–H and O–H groups in total. The van der Waals surface area contributed by atoms with Gasteiger partial charge in [-0.1, -0.05) is 19.0 Å². The molecule has 0 aliphatic carbocycles. The van der Waals surface area contributed by atoms with Gasteiger partial charge >= 0.3 is 0 Å². The maximum Gasteiger partial charge on any atom is 0.280 e. The molecule has 0 bridgehead atoms. The number of nitrogens with zero attached hydrogens (tertiary/aromatic N) is 2. The largest absolute Gasteiger partial charge is 0.381 e. The molecule has 0 amide bonds. The fraction of sp³-hybridized carbons (Fsp3) is 0.308. The van der Waals surface area contributed by atoms with Gasteiger partial charge in [0.2, 0.25) is 0 Å². The van der Waals surface area contributed by atoms with Crippen LogP contribution < -0.4 is 5.73 Å². The van der Waals surface area contributed by atoms with Gasteiger partial charge in [0.15, 0.2) is 11.6 Å². The molecule has 6 nitrogen and oxygen atoms in total. The number of halogens is 1. The first-order valence-corrected chi connectivity index (χ1v) is 6.08. The molecule has 0 saturated carbocycles. The lowest BCUT2D eigenvalue weighted by Gasteiger charge is -2.06. The van der Waals surface area contributed by atoms with Gasteiger partial charge in [-0.05, 0) is 24.5 Å². The van der Waals surface area contributed by atoms with Crippen LogP contribution in [0.5, 0.6) is 0 Å². The van der Waals surface area contributed by atoms with Crippen LogP contribution in [0.3, 0.4) is 0 Å². The Kier molecular flexibility index (Phi) is 3.69. The molecule has 0 saturated heterocycles. The Morgan fingerprint density at radius 2 is 2.20 bits per heavy atom. The van der Waals surface area contributed by atoms with E-state index in [-0.39, 0.29) is 28.7 Å². The highest BCUT2D eigenvalue weighted by atomic mass is 19.1. The molecule has 0 atom stereocenters. The fourth-order valence-corrected chi connectivity index (χ4v) is 1.99. The topological polar surface area (TPSA) is 95.2 Å². The molecule has 0 fully saturated rings. The van der Waals surface area contributed by atoms with Gasteiger partial charge in [0.05, 0.1) is 4.92 Å². The van der Waals surface area contributed by atoms with Crippen LogP contribution in [-0.4, -0.2) is 10.1 Å². The predicted molar refractivity (Wildman–Crippen MR) is 71.5 cm³/mol. The summed E-state index contributed by atoms with van der Waals surface area (Å²) in [6.45, 7) is 3.94. The van der Waals surface area contributed by atoms with Crippen molar-refractivity contribution in [2.75, 3.05) is 5.73 Å². The van der Waals surface area contributed by atoms with Crippen LogP contribution in [0.15, 0.2) is 22.7 Å².